The monoisotopic (exact) mass is 126 g/mol. The number of rotatable bonds is 0. The van der Waals surface area contributed by atoms with Gasteiger partial charge in [-0.05, 0) is 25.7 Å². The third-order valence-electron chi connectivity index (χ3n) is 2.24. The zero-order valence-corrected chi connectivity index (χ0v) is 5.30. The molecule has 1 aliphatic carbocycles. The highest BCUT2D eigenvalue weighted by atomic mass is 16.6. The van der Waals surface area contributed by atoms with Crippen molar-refractivity contribution in [2.75, 3.05) is 0 Å². The van der Waals surface area contributed by atoms with Crippen LogP contribution in [0.4, 0.5) is 0 Å². The molecule has 0 spiro atoms. The van der Waals surface area contributed by atoms with Gasteiger partial charge in [-0.2, -0.15) is 0 Å². The normalized spacial score (nSPS) is 40.7. The van der Waals surface area contributed by atoms with Gasteiger partial charge in [0, 0.05) is 0 Å². The first kappa shape index (κ1) is 5.27. The van der Waals surface area contributed by atoms with Crippen LogP contribution < -0.4 is 0 Å². The maximum Gasteiger partial charge on any atom is 0.309 e. The summed E-state index contributed by atoms with van der Waals surface area (Å²) < 4.78 is 5.05. The van der Waals surface area contributed by atoms with Crippen LogP contribution in [0.5, 0.6) is 0 Å². The summed E-state index contributed by atoms with van der Waals surface area (Å²) in [5.74, 6) is 0.321. The zero-order valence-electron chi connectivity index (χ0n) is 5.30. The van der Waals surface area contributed by atoms with Crippen LogP contribution in [-0.2, 0) is 9.53 Å². The molecule has 1 saturated carbocycles. The molecule has 2 nitrogen and oxygen atoms in total. The summed E-state index contributed by atoms with van der Waals surface area (Å²) in [6, 6.07) is 0. The van der Waals surface area contributed by atoms with Gasteiger partial charge < -0.3 is 4.74 Å². The van der Waals surface area contributed by atoms with Gasteiger partial charge in [-0.1, -0.05) is 0 Å². The van der Waals surface area contributed by atoms with E-state index in [1.807, 2.05) is 0 Å². The Labute approximate surface area is 54.2 Å². The quantitative estimate of drug-likeness (QED) is 0.454. The average Bonchev–Trinajstić information content (AvgIpc) is 2.09. The summed E-state index contributed by atoms with van der Waals surface area (Å²) in [5, 5.41) is 0. The summed E-state index contributed by atoms with van der Waals surface area (Å²) in [4.78, 5) is 10.8. The summed E-state index contributed by atoms with van der Waals surface area (Å²) in [6.07, 6.45) is 4.63. The third kappa shape index (κ3) is 0.732. The largest absolute Gasteiger partial charge is 0.462 e. The number of carbonyl (C=O) groups is 1. The highest BCUT2D eigenvalue weighted by molar-refractivity contribution is 5.74. The van der Waals surface area contributed by atoms with Gasteiger partial charge in [-0.3, -0.25) is 4.79 Å². The van der Waals surface area contributed by atoms with E-state index in [4.69, 9.17) is 4.74 Å². The maximum atomic E-state index is 10.8. The lowest BCUT2D eigenvalue weighted by atomic mass is 9.90. The van der Waals surface area contributed by atoms with Crippen LogP contribution >= 0.6 is 0 Å². The molecule has 2 fully saturated rings. The molecule has 0 aromatic carbocycles. The van der Waals surface area contributed by atoms with Crippen LogP contribution in [0.15, 0.2) is 0 Å². The van der Waals surface area contributed by atoms with Crippen LogP contribution in [0, 0.1) is 5.92 Å². The van der Waals surface area contributed by atoms with Gasteiger partial charge >= 0.3 is 5.97 Å². The predicted molar refractivity (Wildman–Crippen MR) is 31.8 cm³/mol. The maximum absolute atomic E-state index is 10.8. The first-order valence-electron chi connectivity index (χ1n) is 3.57. The smallest absolute Gasteiger partial charge is 0.309 e. The van der Waals surface area contributed by atoms with Crippen LogP contribution in [0.1, 0.15) is 25.7 Å². The Morgan fingerprint density at radius 1 is 1.44 bits per heavy atom. The van der Waals surface area contributed by atoms with E-state index in [0.29, 0.717) is 0 Å². The van der Waals surface area contributed by atoms with E-state index >= 15 is 0 Å². The number of carbonyl (C=O) groups excluding carboxylic acids is 1. The molecule has 2 aliphatic rings. The standard InChI is InChI=1S/C7H10O2/c8-7-5-2-1-3-6(4-5)9-7/h5-6H,1-4H2/t5-,6+/m0/s1. The fourth-order valence-corrected chi connectivity index (χ4v) is 1.73. The van der Waals surface area contributed by atoms with Crippen LogP contribution in [-0.4, -0.2) is 12.1 Å². The van der Waals surface area contributed by atoms with Crippen LogP contribution in [0.3, 0.4) is 0 Å². The topological polar surface area (TPSA) is 26.3 Å². The molecular formula is C7H10O2. The molecule has 1 aliphatic heterocycles. The molecule has 0 N–H and O–H groups in total. The molecule has 50 valence electrons. The summed E-state index contributed by atoms with van der Waals surface area (Å²) in [7, 11) is 0. The minimum Gasteiger partial charge on any atom is -0.462 e. The van der Waals surface area contributed by atoms with E-state index in [0.717, 1.165) is 19.3 Å². The second-order valence-electron chi connectivity index (χ2n) is 2.92. The summed E-state index contributed by atoms with van der Waals surface area (Å²) >= 11 is 0. The molecule has 2 atom stereocenters. The first-order valence-corrected chi connectivity index (χ1v) is 3.57. The highest BCUT2D eigenvalue weighted by Gasteiger charge is 2.37. The number of hydrogen-bond donors (Lipinski definition) is 0. The van der Waals surface area contributed by atoms with Crippen molar-refractivity contribution in [3.8, 4) is 0 Å². The molecule has 0 aromatic rings. The van der Waals surface area contributed by atoms with Crippen LogP contribution in [0.25, 0.3) is 0 Å². The molecule has 0 aromatic heterocycles. The van der Waals surface area contributed by atoms with Crippen molar-refractivity contribution in [1.29, 1.82) is 0 Å². The van der Waals surface area contributed by atoms with E-state index in [1.165, 1.54) is 6.42 Å². The summed E-state index contributed by atoms with van der Waals surface area (Å²) in [5.41, 5.74) is 0. The van der Waals surface area contributed by atoms with Gasteiger partial charge in [0.05, 0.1) is 5.92 Å². The van der Waals surface area contributed by atoms with Crippen LogP contribution in [0.2, 0.25) is 0 Å². The Hall–Kier alpha value is -0.530. The van der Waals surface area contributed by atoms with E-state index in [1.54, 1.807) is 0 Å². The van der Waals surface area contributed by atoms with Gasteiger partial charge in [0.2, 0.25) is 0 Å². The van der Waals surface area contributed by atoms with Gasteiger partial charge in [0.15, 0.2) is 0 Å². The van der Waals surface area contributed by atoms with E-state index < -0.39 is 0 Å². The molecule has 1 heterocycles. The van der Waals surface area contributed by atoms with Gasteiger partial charge in [-0.15, -0.1) is 0 Å². The predicted octanol–water partition coefficient (Wildman–Crippen LogP) is 1.10. The minimum absolute atomic E-state index is 0.0532. The van der Waals surface area contributed by atoms with Crippen molar-refractivity contribution < 1.29 is 9.53 Å². The van der Waals surface area contributed by atoms with Gasteiger partial charge in [0.1, 0.15) is 6.10 Å². The minimum atomic E-state index is 0.0532. The Balaban J connectivity index is 2.15. The lowest BCUT2D eigenvalue weighted by Crippen LogP contribution is -2.10. The van der Waals surface area contributed by atoms with Gasteiger partial charge in [0.25, 0.3) is 0 Å². The molecule has 0 radical (unpaired) electrons. The molecule has 2 bridgehead atoms. The Morgan fingerprint density at radius 2 is 2.33 bits per heavy atom. The molecular weight excluding hydrogens is 116 g/mol. The Morgan fingerprint density at radius 3 is 3.00 bits per heavy atom. The summed E-state index contributed by atoms with van der Waals surface area (Å²) in [6.45, 7) is 0. The zero-order chi connectivity index (χ0) is 6.27. The fourth-order valence-electron chi connectivity index (χ4n) is 1.73. The van der Waals surface area contributed by atoms with E-state index in [9.17, 15) is 4.79 Å². The molecule has 9 heavy (non-hydrogen) atoms. The molecule has 0 unspecified atom stereocenters. The van der Waals surface area contributed by atoms with E-state index in [2.05, 4.69) is 0 Å². The Kier molecular flexibility index (Phi) is 1.01. The molecule has 2 heteroatoms. The highest BCUT2D eigenvalue weighted by Crippen LogP contribution is 2.33. The molecule has 2 rings (SSSR count). The number of fused-ring (bicyclic) bond motifs is 2. The average molecular weight is 126 g/mol. The van der Waals surface area contributed by atoms with Crippen molar-refractivity contribution in [1.82, 2.24) is 0 Å². The number of ether oxygens (including phenoxy) is 1. The number of esters is 1. The van der Waals surface area contributed by atoms with Crippen molar-refractivity contribution >= 4 is 5.97 Å². The first-order chi connectivity index (χ1) is 4.36. The van der Waals surface area contributed by atoms with E-state index in [-0.39, 0.29) is 18.0 Å². The van der Waals surface area contributed by atoms with Crippen molar-refractivity contribution in [2.24, 2.45) is 5.92 Å². The fraction of sp³-hybridized carbons (Fsp3) is 0.857. The van der Waals surface area contributed by atoms with Crippen molar-refractivity contribution in [3.05, 3.63) is 0 Å². The van der Waals surface area contributed by atoms with Gasteiger partial charge in [-0.25, -0.2) is 0 Å². The van der Waals surface area contributed by atoms with Crippen molar-refractivity contribution in [2.45, 2.75) is 31.8 Å². The second-order valence-corrected chi connectivity index (χ2v) is 2.92. The van der Waals surface area contributed by atoms with Crippen molar-refractivity contribution in [3.63, 3.8) is 0 Å². The second kappa shape index (κ2) is 1.72. The Bertz CT molecular complexity index is 142. The lowest BCUT2D eigenvalue weighted by molar-refractivity contribution is -0.143. The lowest BCUT2D eigenvalue weighted by Gasteiger charge is -2.12. The third-order valence-corrected chi connectivity index (χ3v) is 2.24. The molecule has 0 amide bonds. The SMILES string of the molecule is O=C1O[C@@H]2CCC[C@H]1C2. The molecule has 1 saturated heterocycles. The number of hydrogen-bond acceptors (Lipinski definition) is 2.